The summed E-state index contributed by atoms with van der Waals surface area (Å²) in [6.07, 6.45) is 5.76. The second kappa shape index (κ2) is 8.45. The van der Waals surface area contributed by atoms with Gasteiger partial charge in [0.1, 0.15) is 0 Å². The van der Waals surface area contributed by atoms with Crippen LogP contribution in [0.25, 0.3) is 0 Å². The average Bonchev–Trinajstić information content (AvgIpc) is 3.10. The third-order valence-electron chi connectivity index (χ3n) is 4.59. The first-order valence-corrected chi connectivity index (χ1v) is 9.00. The van der Waals surface area contributed by atoms with Crippen LogP contribution < -0.4 is 0 Å². The van der Waals surface area contributed by atoms with E-state index >= 15 is 0 Å². The number of piperidine rings is 1. The number of aromatic nitrogens is 3. The van der Waals surface area contributed by atoms with Gasteiger partial charge in [-0.3, -0.25) is 4.79 Å². The number of halogens is 1. The lowest BCUT2D eigenvalue weighted by molar-refractivity contribution is 0.0547. The molecule has 1 aromatic carbocycles. The summed E-state index contributed by atoms with van der Waals surface area (Å²) >= 11 is 6.18. The van der Waals surface area contributed by atoms with E-state index in [1.54, 1.807) is 18.0 Å². The highest BCUT2D eigenvalue weighted by molar-refractivity contribution is 6.31. The van der Waals surface area contributed by atoms with Gasteiger partial charge in [-0.1, -0.05) is 35.0 Å². The minimum absolute atomic E-state index is 0.0498. The fourth-order valence-electron chi connectivity index (χ4n) is 3.24. The average molecular weight is 363 g/mol. The van der Waals surface area contributed by atoms with Crippen LogP contribution in [-0.4, -0.2) is 52.1 Å². The molecule has 0 spiro atoms. The molecule has 3 rings (SSSR count). The van der Waals surface area contributed by atoms with Gasteiger partial charge in [-0.05, 0) is 37.3 Å². The van der Waals surface area contributed by atoms with Gasteiger partial charge in [-0.25, -0.2) is 4.68 Å². The van der Waals surface area contributed by atoms with Gasteiger partial charge in [0, 0.05) is 31.3 Å². The molecule has 1 aliphatic rings. The number of likely N-dealkylation sites (tertiary alicyclic amines) is 1. The summed E-state index contributed by atoms with van der Waals surface area (Å²) in [5, 5.41) is 8.85. The van der Waals surface area contributed by atoms with Crippen LogP contribution in [0.5, 0.6) is 0 Å². The van der Waals surface area contributed by atoms with Crippen molar-refractivity contribution in [1.82, 2.24) is 19.9 Å². The predicted molar refractivity (Wildman–Crippen MR) is 95.7 cm³/mol. The second-order valence-electron chi connectivity index (χ2n) is 6.32. The largest absolute Gasteiger partial charge is 0.385 e. The van der Waals surface area contributed by atoms with E-state index in [1.807, 2.05) is 29.2 Å². The van der Waals surface area contributed by atoms with Crippen molar-refractivity contribution in [1.29, 1.82) is 0 Å². The molecule has 2 heterocycles. The molecule has 134 valence electrons. The van der Waals surface area contributed by atoms with Gasteiger partial charge in [-0.2, -0.15) is 0 Å². The molecule has 1 atom stereocenters. The Bertz CT molecular complexity index is 719. The van der Waals surface area contributed by atoms with Gasteiger partial charge in [0.25, 0.3) is 5.91 Å². The Morgan fingerprint density at radius 3 is 3.00 bits per heavy atom. The van der Waals surface area contributed by atoms with Gasteiger partial charge < -0.3 is 9.64 Å². The summed E-state index contributed by atoms with van der Waals surface area (Å²) in [6.45, 7) is 1.92. The Balaban J connectivity index is 1.70. The first-order valence-electron chi connectivity index (χ1n) is 8.62. The summed E-state index contributed by atoms with van der Waals surface area (Å²) in [4.78, 5) is 14.8. The molecule has 1 saturated heterocycles. The highest BCUT2D eigenvalue weighted by Gasteiger charge is 2.28. The van der Waals surface area contributed by atoms with Crippen LogP contribution >= 0.6 is 11.6 Å². The maximum absolute atomic E-state index is 12.8. The minimum atomic E-state index is -0.0498. The van der Waals surface area contributed by atoms with E-state index in [-0.39, 0.29) is 11.9 Å². The molecule has 1 unspecified atom stereocenters. The lowest BCUT2D eigenvalue weighted by Gasteiger charge is -2.35. The Labute approximate surface area is 152 Å². The van der Waals surface area contributed by atoms with Gasteiger partial charge in [0.2, 0.25) is 0 Å². The molecule has 0 bridgehead atoms. The van der Waals surface area contributed by atoms with Crippen molar-refractivity contribution in [3.8, 4) is 0 Å². The molecule has 7 heteroatoms. The van der Waals surface area contributed by atoms with Crippen molar-refractivity contribution in [3.05, 3.63) is 46.7 Å². The van der Waals surface area contributed by atoms with Gasteiger partial charge in [0.15, 0.2) is 5.69 Å². The van der Waals surface area contributed by atoms with Crippen LogP contribution in [0.2, 0.25) is 5.02 Å². The maximum atomic E-state index is 12.8. The molecule has 25 heavy (non-hydrogen) atoms. The van der Waals surface area contributed by atoms with Crippen LogP contribution in [0.15, 0.2) is 30.5 Å². The number of hydrogen-bond donors (Lipinski definition) is 0. The smallest absolute Gasteiger partial charge is 0.276 e. The number of ether oxygens (including phenoxy) is 1. The predicted octanol–water partition coefficient (Wildman–Crippen LogP) is 3.01. The van der Waals surface area contributed by atoms with Gasteiger partial charge in [0.05, 0.1) is 12.7 Å². The Kier molecular flexibility index (Phi) is 6.04. The molecule has 0 aliphatic carbocycles. The fourth-order valence-corrected chi connectivity index (χ4v) is 3.44. The molecule has 0 N–H and O–H groups in total. The van der Waals surface area contributed by atoms with E-state index in [4.69, 9.17) is 16.3 Å². The number of carbonyl (C=O) groups excluding carboxylic acids is 1. The Morgan fingerprint density at radius 2 is 2.20 bits per heavy atom. The minimum Gasteiger partial charge on any atom is -0.385 e. The normalized spacial score (nSPS) is 17.7. The van der Waals surface area contributed by atoms with Crippen molar-refractivity contribution in [2.75, 3.05) is 20.3 Å². The zero-order valence-electron chi connectivity index (χ0n) is 14.4. The highest BCUT2D eigenvalue weighted by Crippen LogP contribution is 2.22. The molecule has 1 aromatic heterocycles. The highest BCUT2D eigenvalue weighted by atomic mass is 35.5. The number of amides is 1. The van der Waals surface area contributed by atoms with E-state index < -0.39 is 0 Å². The van der Waals surface area contributed by atoms with E-state index in [0.29, 0.717) is 23.9 Å². The van der Waals surface area contributed by atoms with Crippen molar-refractivity contribution in [2.24, 2.45) is 0 Å². The molecule has 6 nitrogen and oxygen atoms in total. The van der Waals surface area contributed by atoms with E-state index in [9.17, 15) is 4.79 Å². The summed E-state index contributed by atoms with van der Waals surface area (Å²) < 4.78 is 6.83. The maximum Gasteiger partial charge on any atom is 0.276 e. The Hall–Kier alpha value is -1.92. The van der Waals surface area contributed by atoms with Crippen molar-refractivity contribution >= 4 is 17.5 Å². The zero-order valence-corrected chi connectivity index (χ0v) is 15.2. The number of carbonyl (C=O) groups is 1. The van der Waals surface area contributed by atoms with Crippen LogP contribution in [0.3, 0.4) is 0 Å². The zero-order chi connectivity index (χ0) is 17.6. The molecule has 1 amide bonds. The molecular weight excluding hydrogens is 340 g/mol. The fraction of sp³-hybridized carbons (Fsp3) is 0.500. The summed E-state index contributed by atoms with van der Waals surface area (Å²) in [5.74, 6) is -0.0498. The van der Waals surface area contributed by atoms with E-state index in [0.717, 1.165) is 37.8 Å². The monoisotopic (exact) mass is 362 g/mol. The van der Waals surface area contributed by atoms with Crippen LogP contribution in [0.4, 0.5) is 0 Å². The standard InChI is InChI=1S/C18H23ClN4O2/c1-25-11-9-15-7-4-5-10-23(15)18(24)17-13-22(21-20-17)12-14-6-2-3-8-16(14)19/h2-3,6,8,13,15H,4-5,7,9-12H2,1H3. The lowest BCUT2D eigenvalue weighted by Crippen LogP contribution is -2.44. The number of nitrogens with zero attached hydrogens (tertiary/aromatic N) is 4. The molecule has 1 fully saturated rings. The molecule has 1 aliphatic heterocycles. The second-order valence-corrected chi connectivity index (χ2v) is 6.73. The molecule has 0 saturated carbocycles. The number of methoxy groups -OCH3 is 1. The summed E-state index contributed by atoms with van der Waals surface area (Å²) in [7, 11) is 1.69. The molecule has 2 aromatic rings. The summed E-state index contributed by atoms with van der Waals surface area (Å²) in [6, 6.07) is 7.82. The van der Waals surface area contributed by atoms with Crippen LogP contribution in [0.1, 0.15) is 41.7 Å². The first-order chi connectivity index (χ1) is 12.2. The lowest BCUT2D eigenvalue weighted by atomic mass is 9.99. The van der Waals surface area contributed by atoms with Crippen LogP contribution in [-0.2, 0) is 11.3 Å². The number of benzene rings is 1. The molecule has 0 radical (unpaired) electrons. The number of rotatable bonds is 6. The molecular formula is C18H23ClN4O2. The third kappa shape index (κ3) is 4.38. The van der Waals surface area contributed by atoms with E-state index in [1.165, 1.54) is 0 Å². The van der Waals surface area contributed by atoms with Gasteiger partial charge in [-0.15, -0.1) is 5.10 Å². The van der Waals surface area contributed by atoms with Gasteiger partial charge >= 0.3 is 0 Å². The summed E-state index contributed by atoms with van der Waals surface area (Å²) in [5.41, 5.74) is 1.33. The SMILES string of the molecule is COCCC1CCCCN1C(=O)c1cn(Cc2ccccc2Cl)nn1. The third-order valence-corrected chi connectivity index (χ3v) is 4.96. The quantitative estimate of drug-likeness (QED) is 0.792. The van der Waals surface area contributed by atoms with E-state index in [2.05, 4.69) is 10.3 Å². The number of hydrogen-bond acceptors (Lipinski definition) is 4. The topological polar surface area (TPSA) is 60.2 Å². The first kappa shape index (κ1) is 17.9. The van der Waals surface area contributed by atoms with Crippen molar-refractivity contribution < 1.29 is 9.53 Å². The Morgan fingerprint density at radius 1 is 1.36 bits per heavy atom. The van der Waals surface area contributed by atoms with Crippen molar-refractivity contribution in [3.63, 3.8) is 0 Å². The van der Waals surface area contributed by atoms with Crippen molar-refractivity contribution in [2.45, 2.75) is 38.3 Å². The van der Waals surface area contributed by atoms with Crippen LogP contribution in [0, 0.1) is 0 Å².